The van der Waals surface area contributed by atoms with Crippen molar-refractivity contribution in [1.29, 1.82) is 0 Å². The molecule has 5 nitrogen and oxygen atoms in total. The summed E-state index contributed by atoms with van der Waals surface area (Å²) in [6, 6.07) is 11.8. The Bertz CT molecular complexity index is 844. The molecule has 0 aliphatic heterocycles. The molecule has 0 aliphatic rings. The van der Waals surface area contributed by atoms with Crippen LogP contribution in [0.1, 0.15) is 32.2 Å². The summed E-state index contributed by atoms with van der Waals surface area (Å²) in [5.74, 6) is 2.28. The largest absolute Gasteiger partial charge is 0.490 e. The van der Waals surface area contributed by atoms with E-state index in [0.29, 0.717) is 36.2 Å². The van der Waals surface area contributed by atoms with Crippen LogP contribution in [0.15, 0.2) is 36.4 Å². The van der Waals surface area contributed by atoms with E-state index in [4.69, 9.17) is 21.1 Å². The summed E-state index contributed by atoms with van der Waals surface area (Å²) in [4.78, 5) is 7.87. The van der Waals surface area contributed by atoms with Crippen LogP contribution in [0.25, 0.3) is 11.0 Å². The van der Waals surface area contributed by atoms with Crippen molar-refractivity contribution < 1.29 is 9.47 Å². The Morgan fingerprint density at radius 3 is 2.69 bits per heavy atom. The van der Waals surface area contributed by atoms with Crippen LogP contribution in [0.4, 0.5) is 0 Å². The molecule has 26 heavy (non-hydrogen) atoms. The second-order valence-electron chi connectivity index (χ2n) is 6.29. The lowest BCUT2D eigenvalue weighted by Gasteiger charge is -2.17. The lowest BCUT2D eigenvalue weighted by atomic mass is 10.2. The smallest absolute Gasteiger partial charge is 0.163 e. The number of para-hydroxylation sites is 2. The number of hydrogen-bond donors (Lipinski definition) is 2. The molecule has 0 unspecified atom stereocenters. The summed E-state index contributed by atoms with van der Waals surface area (Å²) in [5, 5.41) is 4.03. The fourth-order valence-corrected chi connectivity index (χ4v) is 2.95. The Labute approximate surface area is 158 Å². The summed E-state index contributed by atoms with van der Waals surface area (Å²) in [6.07, 6.45) is 0.0577. The Kier molecular flexibility index (Phi) is 6.01. The maximum Gasteiger partial charge on any atom is 0.163 e. The molecule has 6 heteroatoms. The Morgan fingerprint density at radius 1 is 1.15 bits per heavy atom. The van der Waals surface area contributed by atoms with Gasteiger partial charge in [-0.3, -0.25) is 0 Å². The fourth-order valence-electron chi connectivity index (χ4n) is 2.73. The lowest BCUT2D eigenvalue weighted by Crippen LogP contribution is -2.14. The Hall–Kier alpha value is -2.24. The zero-order valence-corrected chi connectivity index (χ0v) is 16.1. The lowest BCUT2D eigenvalue weighted by molar-refractivity contribution is 0.223. The van der Waals surface area contributed by atoms with Gasteiger partial charge in [0.1, 0.15) is 5.82 Å². The molecule has 0 fully saturated rings. The minimum atomic E-state index is 0.0577. The van der Waals surface area contributed by atoms with E-state index in [1.807, 2.05) is 57.2 Å². The summed E-state index contributed by atoms with van der Waals surface area (Å²) in [5.41, 5.74) is 2.97. The number of benzene rings is 2. The van der Waals surface area contributed by atoms with Gasteiger partial charge in [0.25, 0.3) is 0 Å². The third-order valence-electron chi connectivity index (χ3n) is 3.82. The molecule has 2 aromatic carbocycles. The third kappa shape index (κ3) is 4.48. The van der Waals surface area contributed by atoms with E-state index in [2.05, 4.69) is 15.3 Å². The molecule has 0 saturated carbocycles. The van der Waals surface area contributed by atoms with Gasteiger partial charge in [-0.15, -0.1) is 0 Å². The van der Waals surface area contributed by atoms with Crippen LogP contribution < -0.4 is 14.8 Å². The van der Waals surface area contributed by atoms with Crippen molar-refractivity contribution in [3.63, 3.8) is 0 Å². The predicted molar refractivity (Wildman–Crippen MR) is 105 cm³/mol. The minimum Gasteiger partial charge on any atom is -0.490 e. The average molecular weight is 374 g/mol. The molecule has 0 bridgehead atoms. The molecule has 0 atom stereocenters. The van der Waals surface area contributed by atoms with Crippen molar-refractivity contribution in [2.45, 2.75) is 40.0 Å². The van der Waals surface area contributed by atoms with Crippen LogP contribution in [0.3, 0.4) is 0 Å². The first-order chi connectivity index (χ1) is 12.6. The number of fused-ring (bicyclic) bond motifs is 1. The predicted octanol–water partition coefficient (Wildman–Crippen LogP) is 4.69. The number of hydrogen-bond acceptors (Lipinski definition) is 4. The van der Waals surface area contributed by atoms with E-state index in [0.717, 1.165) is 22.4 Å². The average Bonchev–Trinajstić information content (AvgIpc) is 3.01. The molecule has 0 amide bonds. The molecule has 2 N–H and O–H groups in total. The van der Waals surface area contributed by atoms with Gasteiger partial charge in [-0.05, 0) is 44.5 Å². The zero-order chi connectivity index (χ0) is 18.5. The van der Waals surface area contributed by atoms with Crippen molar-refractivity contribution >= 4 is 22.6 Å². The molecule has 3 aromatic rings. The Balaban J connectivity index is 1.69. The molecular formula is C20H24ClN3O2. The number of H-pyrrole nitrogens is 1. The molecule has 0 spiro atoms. The van der Waals surface area contributed by atoms with Crippen LogP contribution in [0.2, 0.25) is 5.02 Å². The van der Waals surface area contributed by atoms with E-state index in [1.54, 1.807) is 0 Å². The maximum absolute atomic E-state index is 6.43. The van der Waals surface area contributed by atoms with Gasteiger partial charge in [0.2, 0.25) is 0 Å². The first-order valence-electron chi connectivity index (χ1n) is 8.83. The highest BCUT2D eigenvalue weighted by molar-refractivity contribution is 6.31. The molecule has 1 aromatic heterocycles. The van der Waals surface area contributed by atoms with E-state index >= 15 is 0 Å². The van der Waals surface area contributed by atoms with Crippen molar-refractivity contribution in [3.8, 4) is 11.5 Å². The number of nitrogens with zero attached hydrogens (tertiary/aromatic N) is 1. The number of imidazole rings is 1. The highest BCUT2D eigenvalue weighted by Gasteiger charge is 2.12. The fraction of sp³-hybridized carbons (Fsp3) is 0.350. The van der Waals surface area contributed by atoms with Gasteiger partial charge in [-0.25, -0.2) is 4.98 Å². The van der Waals surface area contributed by atoms with E-state index in [1.165, 1.54) is 0 Å². The quantitative estimate of drug-likeness (QED) is 0.601. The van der Waals surface area contributed by atoms with Gasteiger partial charge in [-0.1, -0.05) is 23.7 Å². The normalized spacial score (nSPS) is 11.3. The molecule has 0 aliphatic carbocycles. The second-order valence-corrected chi connectivity index (χ2v) is 6.70. The molecule has 138 valence electrons. The SMILES string of the molecule is CCOc1cc(CNCc2nc3ccccc3[nH]2)c(Cl)cc1OC(C)C. The summed E-state index contributed by atoms with van der Waals surface area (Å²) < 4.78 is 11.5. The first-order valence-corrected chi connectivity index (χ1v) is 9.20. The van der Waals surface area contributed by atoms with Gasteiger partial charge >= 0.3 is 0 Å². The van der Waals surface area contributed by atoms with Gasteiger partial charge in [0, 0.05) is 17.6 Å². The van der Waals surface area contributed by atoms with Crippen molar-refractivity contribution in [2.24, 2.45) is 0 Å². The van der Waals surface area contributed by atoms with Crippen LogP contribution in [0, 0.1) is 0 Å². The topological polar surface area (TPSA) is 59.2 Å². The van der Waals surface area contributed by atoms with Crippen molar-refractivity contribution in [2.75, 3.05) is 6.61 Å². The summed E-state index contributed by atoms with van der Waals surface area (Å²) in [7, 11) is 0. The molecule has 0 radical (unpaired) electrons. The third-order valence-corrected chi connectivity index (χ3v) is 4.17. The maximum atomic E-state index is 6.43. The monoisotopic (exact) mass is 373 g/mol. The van der Waals surface area contributed by atoms with Gasteiger partial charge in [0.15, 0.2) is 11.5 Å². The molecular weight excluding hydrogens is 350 g/mol. The van der Waals surface area contributed by atoms with Crippen LogP contribution >= 0.6 is 11.6 Å². The second kappa shape index (κ2) is 8.43. The van der Waals surface area contributed by atoms with E-state index < -0.39 is 0 Å². The molecule has 1 heterocycles. The number of halogens is 1. The van der Waals surface area contributed by atoms with Crippen LogP contribution in [-0.4, -0.2) is 22.7 Å². The number of rotatable bonds is 8. The number of aromatic nitrogens is 2. The molecule has 3 rings (SSSR count). The number of aromatic amines is 1. The summed E-state index contributed by atoms with van der Waals surface area (Å²) in [6.45, 7) is 7.71. The summed E-state index contributed by atoms with van der Waals surface area (Å²) >= 11 is 6.43. The zero-order valence-electron chi connectivity index (χ0n) is 15.3. The Morgan fingerprint density at radius 2 is 1.96 bits per heavy atom. The minimum absolute atomic E-state index is 0.0577. The van der Waals surface area contributed by atoms with Gasteiger partial charge < -0.3 is 19.8 Å². The first kappa shape index (κ1) is 18.5. The van der Waals surface area contributed by atoms with Crippen LogP contribution in [0.5, 0.6) is 11.5 Å². The van der Waals surface area contributed by atoms with E-state index in [9.17, 15) is 0 Å². The van der Waals surface area contributed by atoms with Crippen molar-refractivity contribution in [3.05, 3.63) is 52.8 Å². The van der Waals surface area contributed by atoms with Gasteiger partial charge in [-0.2, -0.15) is 0 Å². The standard InChI is InChI=1S/C20H24ClN3O2/c1-4-25-18-9-14(15(21)10-19(18)26-13(2)3)11-22-12-20-23-16-7-5-6-8-17(16)24-20/h5-10,13,22H,4,11-12H2,1-3H3,(H,23,24). The number of nitrogens with one attached hydrogen (secondary N) is 2. The van der Waals surface area contributed by atoms with E-state index in [-0.39, 0.29) is 6.10 Å². The highest BCUT2D eigenvalue weighted by Crippen LogP contribution is 2.34. The van der Waals surface area contributed by atoms with Crippen LogP contribution in [-0.2, 0) is 13.1 Å². The van der Waals surface area contributed by atoms with Crippen molar-refractivity contribution in [1.82, 2.24) is 15.3 Å². The highest BCUT2D eigenvalue weighted by atomic mass is 35.5. The molecule has 0 saturated heterocycles. The van der Waals surface area contributed by atoms with Gasteiger partial charge in [0.05, 0.1) is 30.3 Å². The number of ether oxygens (including phenoxy) is 2.